The summed E-state index contributed by atoms with van der Waals surface area (Å²) >= 11 is 0. The van der Waals surface area contributed by atoms with Gasteiger partial charge in [-0.05, 0) is 36.4 Å². The maximum atomic E-state index is 5.39. The summed E-state index contributed by atoms with van der Waals surface area (Å²) in [5, 5.41) is 5.19. The van der Waals surface area contributed by atoms with Crippen LogP contribution in [-0.2, 0) is 0 Å². The molecule has 0 saturated heterocycles. The monoisotopic (exact) mass is 291 g/mol. The maximum Gasteiger partial charge on any atom is 0.262 e. The lowest BCUT2D eigenvalue weighted by atomic mass is 10.1. The van der Waals surface area contributed by atoms with Crippen LogP contribution < -0.4 is 4.74 Å². The highest BCUT2D eigenvalue weighted by atomic mass is 16.5. The average molecular weight is 291 g/mol. The highest BCUT2D eigenvalue weighted by molar-refractivity contribution is 5.84. The van der Waals surface area contributed by atoms with Crippen molar-refractivity contribution >= 4 is 10.9 Å². The van der Waals surface area contributed by atoms with E-state index in [9.17, 15) is 0 Å². The predicted octanol–water partition coefficient (Wildman–Crippen LogP) is 3.89. The van der Waals surface area contributed by atoms with Gasteiger partial charge in [-0.1, -0.05) is 17.3 Å². The molecule has 0 aliphatic heterocycles. The lowest BCUT2D eigenvalue weighted by Gasteiger charge is -2.02. The van der Waals surface area contributed by atoms with Crippen molar-refractivity contribution in [3.63, 3.8) is 0 Å². The second kappa shape index (κ2) is 5.04. The number of nitrogens with one attached hydrogen (secondary N) is 1. The Morgan fingerprint density at radius 1 is 1.09 bits per heavy atom. The summed E-state index contributed by atoms with van der Waals surface area (Å²) in [5.41, 5.74) is 2.78. The Bertz CT molecular complexity index is 940. The average Bonchev–Trinajstić information content (AvgIpc) is 3.23. The smallest absolute Gasteiger partial charge is 0.262 e. The molecule has 1 N–H and O–H groups in total. The lowest BCUT2D eigenvalue weighted by molar-refractivity contribution is 0.405. The third kappa shape index (κ3) is 2.03. The first kappa shape index (κ1) is 12.6. The molecule has 0 saturated carbocycles. The van der Waals surface area contributed by atoms with Gasteiger partial charge in [-0.3, -0.25) is 0 Å². The van der Waals surface area contributed by atoms with E-state index in [1.54, 1.807) is 7.11 Å². The minimum atomic E-state index is 0.446. The van der Waals surface area contributed by atoms with Crippen LogP contribution in [0.1, 0.15) is 0 Å². The van der Waals surface area contributed by atoms with Crippen molar-refractivity contribution in [1.29, 1.82) is 0 Å². The van der Waals surface area contributed by atoms with Crippen molar-refractivity contribution in [1.82, 2.24) is 15.1 Å². The summed E-state index contributed by atoms with van der Waals surface area (Å²) in [7, 11) is 1.62. The summed E-state index contributed by atoms with van der Waals surface area (Å²) < 4.78 is 10.7. The number of para-hydroxylation sites is 1. The fourth-order valence-electron chi connectivity index (χ4n) is 2.46. The quantitative estimate of drug-likeness (QED) is 0.622. The lowest BCUT2D eigenvalue weighted by Crippen LogP contribution is -1.87. The van der Waals surface area contributed by atoms with Gasteiger partial charge in [0.25, 0.3) is 5.89 Å². The molecule has 2 aromatic heterocycles. The van der Waals surface area contributed by atoms with Gasteiger partial charge in [0.15, 0.2) is 0 Å². The van der Waals surface area contributed by atoms with Gasteiger partial charge in [0.1, 0.15) is 5.75 Å². The van der Waals surface area contributed by atoms with Crippen LogP contribution in [0.2, 0.25) is 0 Å². The Morgan fingerprint density at radius 2 is 2.00 bits per heavy atom. The van der Waals surface area contributed by atoms with Gasteiger partial charge in [-0.25, -0.2) is 0 Å². The minimum Gasteiger partial charge on any atom is -0.496 e. The minimum absolute atomic E-state index is 0.446. The molecule has 0 spiro atoms. The van der Waals surface area contributed by atoms with E-state index < -0.39 is 0 Å². The van der Waals surface area contributed by atoms with Crippen LogP contribution >= 0.6 is 0 Å². The van der Waals surface area contributed by atoms with Gasteiger partial charge in [0, 0.05) is 22.7 Å². The Labute approximate surface area is 126 Å². The van der Waals surface area contributed by atoms with Crippen LogP contribution in [0, 0.1) is 0 Å². The van der Waals surface area contributed by atoms with Gasteiger partial charge in [-0.15, -0.1) is 0 Å². The van der Waals surface area contributed by atoms with E-state index in [0.717, 1.165) is 22.0 Å². The number of ether oxygens (including phenoxy) is 1. The number of aromatic amines is 1. The molecule has 2 heterocycles. The van der Waals surface area contributed by atoms with E-state index in [1.165, 1.54) is 0 Å². The zero-order chi connectivity index (χ0) is 14.9. The predicted molar refractivity (Wildman–Crippen MR) is 83.6 cm³/mol. The zero-order valence-electron chi connectivity index (χ0n) is 11.9. The molecule has 2 aromatic carbocycles. The zero-order valence-corrected chi connectivity index (χ0v) is 11.9. The normalized spacial score (nSPS) is 11.0. The molecule has 0 unspecified atom stereocenters. The second-order valence-electron chi connectivity index (χ2n) is 4.90. The highest BCUT2D eigenvalue weighted by Crippen LogP contribution is 2.30. The van der Waals surface area contributed by atoms with Crippen molar-refractivity contribution in [2.75, 3.05) is 7.11 Å². The molecule has 5 nitrogen and oxygen atoms in total. The molecule has 0 radical (unpaired) electrons. The van der Waals surface area contributed by atoms with E-state index >= 15 is 0 Å². The number of aromatic nitrogens is 3. The van der Waals surface area contributed by atoms with Gasteiger partial charge in [0.2, 0.25) is 5.82 Å². The third-order valence-corrected chi connectivity index (χ3v) is 3.57. The van der Waals surface area contributed by atoms with E-state index in [-0.39, 0.29) is 0 Å². The molecule has 0 aliphatic carbocycles. The van der Waals surface area contributed by atoms with Gasteiger partial charge in [0.05, 0.1) is 12.7 Å². The topological polar surface area (TPSA) is 63.9 Å². The van der Waals surface area contributed by atoms with Crippen molar-refractivity contribution in [3.05, 3.63) is 54.7 Å². The molecule has 4 rings (SSSR count). The number of hydrogen-bond acceptors (Lipinski definition) is 4. The maximum absolute atomic E-state index is 5.39. The Hall–Kier alpha value is -3.08. The molecule has 0 fully saturated rings. The summed E-state index contributed by atoms with van der Waals surface area (Å²) in [5.74, 6) is 1.71. The van der Waals surface area contributed by atoms with Gasteiger partial charge >= 0.3 is 0 Å². The molecular formula is C17H13N3O2. The van der Waals surface area contributed by atoms with Gasteiger partial charge in [-0.2, -0.15) is 4.98 Å². The number of fused-ring (bicyclic) bond motifs is 1. The molecule has 22 heavy (non-hydrogen) atoms. The van der Waals surface area contributed by atoms with Crippen LogP contribution in [0.4, 0.5) is 0 Å². The third-order valence-electron chi connectivity index (χ3n) is 3.57. The van der Waals surface area contributed by atoms with Crippen LogP contribution in [0.15, 0.2) is 59.3 Å². The molecule has 0 aliphatic rings. The molecule has 5 heteroatoms. The van der Waals surface area contributed by atoms with Crippen LogP contribution in [0.5, 0.6) is 5.75 Å². The molecule has 108 valence electrons. The number of methoxy groups -OCH3 is 1. The number of nitrogens with zero attached hydrogens (tertiary/aromatic N) is 2. The number of H-pyrrole nitrogens is 1. The molecule has 0 atom stereocenters. The Morgan fingerprint density at radius 3 is 2.91 bits per heavy atom. The van der Waals surface area contributed by atoms with Crippen molar-refractivity contribution in [2.24, 2.45) is 0 Å². The largest absolute Gasteiger partial charge is 0.496 e. The standard InChI is InChI=1S/C17H13N3O2/c1-21-15-5-3-2-4-13(15)17-19-16(20-22-17)12-6-7-14-11(10-12)8-9-18-14/h2-10,18H,1H3. The number of hydrogen-bond donors (Lipinski definition) is 1. The summed E-state index contributed by atoms with van der Waals surface area (Å²) in [6, 6.07) is 15.6. The Kier molecular flexibility index (Phi) is 2.89. The Balaban J connectivity index is 1.77. The molecule has 0 amide bonds. The van der Waals surface area contributed by atoms with E-state index in [0.29, 0.717) is 17.5 Å². The van der Waals surface area contributed by atoms with Gasteiger partial charge < -0.3 is 14.2 Å². The fraction of sp³-hybridized carbons (Fsp3) is 0.0588. The first-order valence-electron chi connectivity index (χ1n) is 6.90. The molecular weight excluding hydrogens is 278 g/mol. The van der Waals surface area contributed by atoms with Crippen LogP contribution in [-0.4, -0.2) is 22.2 Å². The number of benzene rings is 2. The SMILES string of the molecule is COc1ccccc1-c1nc(-c2ccc3[nH]ccc3c2)no1. The van der Waals surface area contributed by atoms with Crippen LogP contribution in [0.25, 0.3) is 33.7 Å². The molecule has 4 aromatic rings. The second-order valence-corrected chi connectivity index (χ2v) is 4.90. The van der Waals surface area contributed by atoms with Crippen molar-refractivity contribution in [3.8, 4) is 28.6 Å². The van der Waals surface area contributed by atoms with Crippen molar-refractivity contribution in [2.45, 2.75) is 0 Å². The van der Waals surface area contributed by atoms with Crippen LogP contribution in [0.3, 0.4) is 0 Å². The number of rotatable bonds is 3. The fourth-order valence-corrected chi connectivity index (χ4v) is 2.46. The van der Waals surface area contributed by atoms with E-state index in [2.05, 4.69) is 15.1 Å². The summed E-state index contributed by atoms with van der Waals surface area (Å²) in [6.45, 7) is 0. The van der Waals surface area contributed by atoms with Crippen molar-refractivity contribution < 1.29 is 9.26 Å². The first-order valence-corrected chi connectivity index (χ1v) is 6.90. The highest BCUT2D eigenvalue weighted by Gasteiger charge is 2.14. The summed E-state index contributed by atoms with van der Waals surface area (Å²) in [4.78, 5) is 7.65. The summed E-state index contributed by atoms with van der Waals surface area (Å²) in [6.07, 6.45) is 1.91. The van der Waals surface area contributed by atoms with E-state index in [4.69, 9.17) is 9.26 Å². The van der Waals surface area contributed by atoms with E-state index in [1.807, 2.05) is 54.7 Å². The first-order chi connectivity index (χ1) is 10.8. The molecule has 0 bridgehead atoms.